The third-order valence-electron chi connectivity index (χ3n) is 4.60. The second kappa shape index (κ2) is 6.95. The standard InChI is InChI=1S/C20H38S2Si4/c1-23(2,3)17-13-15(19(21-17)25(7,8)9)16-14-18(24(4,5)6)22-20(16)26(10,11)12/h13-14H,1-12H3. The maximum Gasteiger partial charge on any atom is 0.0912 e. The second-order valence-electron chi connectivity index (χ2n) is 11.7. The fourth-order valence-electron chi connectivity index (χ4n) is 3.04. The Hall–Kier alpha value is 0.268. The molecule has 0 aliphatic carbocycles. The minimum Gasteiger partial charge on any atom is -0.154 e. The molecule has 0 spiro atoms. The second-order valence-corrected chi connectivity index (χ2v) is 35.3. The molecule has 2 aromatic heterocycles. The molecule has 0 aromatic carbocycles. The highest BCUT2D eigenvalue weighted by molar-refractivity contribution is 7.37. The van der Waals surface area contributed by atoms with E-state index < -0.39 is 32.3 Å². The summed E-state index contributed by atoms with van der Waals surface area (Å²) < 4.78 is 6.84. The van der Waals surface area contributed by atoms with Gasteiger partial charge in [-0.15, -0.1) is 0 Å². The average Bonchev–Trinajstić information content (AvgIpc) is 3.00. The minimum absolute atomic E-state index is 1.28. The first-order valence-corrected chi connectivity index (χ1v) is 25.4. The van der Waals surface area contributed by atoms with E-state index >= 15 is 0 Å². The highest BCUT2D eigenvalue weighted by atomic mass is 32.1. The molecule has 0 N–H and O–H groups in total. The largest absolute Gasteiger partial charge is 0.154 e. The summed E-state index contributed by atoms with van der Waals surface area (Å²) in [6, 6.07) is 5.23. The first-order valence-electron chi connectivity index (χ1n) is 9.72. The summed E-state index contributed by atoms with van der Waals surface area (Å²) in [5.74, 6) is 0. The Bertz CT molecular complexity index is 720. The Morgan fingerprint density at radius 3 is 0.923 bits per heavy atom. The van der Waals surface area contributed by atoms with Gasteiger partial charge in [0.1, 0.15) is 0 Å². The lowest BCUT2D eigenvalue weighted by Crippen LogP contribution is -2.40. The van der Waals surface area contributed by atoms with Gasteiger partial charge in [0.25, 0.3) is 0 Å². The van der Waals surface area contributed by atoms with Crippen LogP contribution in [0.15, 0.2) is 12.1 Å². The smallest absolute Gasteiger partial charge is 0.0912 e. The molecule has 2 rings (SSSR count). The molecule has 6 heteroatoms. The van der Waals surface area contributed by atoms with Gasteiger partial charge in [0.2, 0.25) is 0 Å². The van der Waals surface area contributed by atoms with E-state index in [1.807, 2.05) is 0 Å². The summed E-state index contributed by atoms with van der Waals surface area (Å²) >= 11 is 4.32. The summed E-state index contributed by atoms with van der Waals surface area (Å²) in [7, 11) is -5.30. The van der Waals surface area contributed by atoms with E-state index in [9.17, 15) is 0 Å². The van der Waals surface area contributed by atoms with Crippen molar-refractivity contribution in [2.75, 3.05) is 0 Å². The first-order chi connectivity index (χ1) is 11.4. The van der Waals surface area contributed by atoms with Crippen LogP contribution in [0.3, 0.4) is 0 Å². The first kappa shape index (κ1) is 22.6. The molecule has 0 atom stereocenters. The molecule has 0 fully saturated rings. The quantitative estimate of drug-likeness (QED) is 0.511. The van der Waals surface area contributed by atoms with Gasteiger partial charge in [0.05, 0.1) is 32.3 Å². The van der Waals surface area contributed by atoms with Crippen molar-refractivity contribution in [1.82, 2.24) is 0 Å². The van der Waals surface area contributed by atoms with Crippen LogP contribution < -0.4 is 18.0 Å². The van der Waals surface area contributed by atoms with Crippen LogP contribution >= 0.6 is 22.7 Å². The lowest BCUT2D eigenvalue weighted by atomic mass is 10.2. The van der Waals surface area contributed by atoms with Crippen LogP contribution in [0.5, 0.6) is 0 Å². The maximum absolute atomic E-state index is 2.62. The third-order valence-corrected chi connectivity index (χ3v) is 21.2. The van der Waals surface area contributed by atoms with Gasteiger partial charge >= 0.3 is 0 Å². The van der Waals surface area contributed by atoms with E-state index in [4.69, 9.17) is 0 Å². The molecule has 0 aliphatic rings. The Morgan fingerprint density at radius 2 is 0.731 bits per heavy atom. The summed E-state index contributed by atoms with van der Waals surface area (Å²) in [5, 5.41) is 0. The SMILES string of the molecule is C[Si](C)(C)c1cc(-c2cc([Si](C)(C)C)sc2[Si](C)(C)C)c([Si](C)(C)C)s1. The highest BCUT2D eigenvalue weighted by Crippen LogP contribution is 2.28. The van der Waals surface area contributed by atoms with Gasteiger partial charge in [-0.1, -0.05) is 78.6 Å². The number of hydrogen-bond donors (Lipinski definition) is 0. The van der Waals surface area contributed by atoms with Crippen molar-refractivity contribution in [1.29, 1.82) is 0 Å². The molecule has 146 valence electrons. The molecule has 0 unspecified atom stereocenters. The number of rotatable bonds is 5. The van der Waals surface area contributed by atoms with Crippen LogP contribution in [0.25, 0.3) is 11.1 Å². The zero-order valence-corrected chi connectivity index (χ0v) is 24.6. The zero-order chi connectivity index (χ0) is 20.3. The topological polar surface area (TPSA) is 0 Å². The summed E-state index contributed by atoms with van der Waals surface area (Å²) in [4.78, 5) is 0. The van der Waals surface area contributed by atoms with E-state index in [0.29, 0.717) is 0 Å². The molecule has 0 amide bonds. The highest BCUT2D eigenvalue weighted by Gasteiger charge is 2.33. The van der Waals surface area contributed by atoms with Gasteiger partial charge in [0, 0.05) is 0 Å². The number of thiophene rings is 2. The maximum atomic E-state index is 2.62. The van der Waals surface area contributed by atoms with Crippen LogP contribution in [-0.2, 0) is 0 Å². The molecule has 0 radical (unpaired) electrons. The predicted molar refractivity (Wildman–Crippen MR) is 140 cm³/mol. The third kappa shape index (κ3) is 4.81. The summed E-state index contributed by atoms with van der Waals surface area (Å²) in [5.41, 5.74) is 3.23. The fraction of sp³-hybridized carbons (Fsp3) is 0.600. The van der Waals surface area contributed by atoms with E-state index in [1.54, 1.807) is 29.1 Å². The van der Waals surface area contributed by atoms with Crippen molar-refractivity contribution in [2.45, 2.75) is 78.6 Å². The average molecular weight is 455 g/mol. The normalized spacial score (nSPS) is 14.2. The van der Waals surface area contributed by atoms with Gasteiger partial charge in [-0.05, 0) is 41.3 Å². The molecular weight excluding hydrogens is 417 g/mol. The molecule has 0 bridgehead atoms. The molecule has 0 saturated carbocycles. The van der Waals surface area contributed by atoms with E-state index in [2.05, 4.69) is 113 Å². The van der Waals surface area contributed by atoms with Crippen LogP contribution in [0.4, 0.5) is 0 Å². The predicted octanol–water partition coefficient (Wildman–Crippen LogP) is 5.66. The molecule has 0 aliphatic heterocycles. The Kier molecular flexibility index (Phi) is 6.03. The van der Waals surface area contributed by atoms with Crippen molar-refractivity contribution in [3.8, 4) is 11.1 Å². The van der Waals surface area contributed by atoms with Crippen LogP contribution in [0.2, 0.25) is 78.6 Å². The lowest BCUT2D eigenvalue weighted by Gasteiger charge is -2.20. The van der Waals surface area contributed by atoms with Gasteiger partial charge in [-0.2, -0.15) is 22.7 Å². The number of hydrogen-bond acceptors (Lipinski definition) is 2. The Balaban J connectivity index is 2.83. The molecule has 2 aromatic rings. The molecule has 0 saturated heterocycles. The molecule has 2 heterocycles. The summed E-state index contributed by atoms with van der Waals surface area (Å²) in [6.07, 6.45) is 0. The summed E-state index contributed by atoms with van der Waals surface area (Å²) in [6.45, 7) is 30.1. The molecule has 26 heavy (non-hydrogen) atoms. The molecular formula is C20H38S2Si4. The van der Waals surface area contributed by atoms with Crippen molar-refractivity contribution >= 4 is 73.0 Å². The Morgan fingerprint density at radius 1 is 0.462 bits per heavy atom. The lowest BCUT2D eigenvalue weighted by molar-refractivity contribution is 1.73. The van der Waals surface area contributed by atoms with Crippen molar-refractivity contribution in [3.05, 3.63) is 12.1 Å². The van der Waals surface area contributed by atoms with Gasteiger partial charge in [0.15, 0.2) is 0 Å². The van der Waals surface area contributed by atoms with Crippen LogP contribution in [0.1, 0.15) is 0 Å². The van der Waals surface area contributed by atoms with Crippen LogP contribution in [-0.4, -0.2) is 32.3 Å². The van der Waals surface area contributed by atoms with Gasteiger partial charge < -0.3 is 0 Å². The van der Waals surface area contributed by atoms with E-state index in [1.165, 1.54) is 0 Å². The molecule has 0 nitrogen and oxygen atoms in total. The van der Waals surface area contributed by atoms with Gasteiger partial charge in [-0.3, -0.25) is 0 Å². The monoisotopic (exact) mass is 454 g/mol. The fourth-order valence-corrected chi connectivity index (χ4v) is 14.4. The Labute approximate surface area is 174 Å². The minimum atomic E-state index is -1.37. The van der Waals surface area contributed by atoms with Gasteiger partial charge in [-0.25, -0.2) is 0 Å². The van der Waals surface area contributed by atoms with Crippen molar-refractivity contribution in [2.24, 2.45) is 0 Å². The van der Waals surface area contributed by atoms with Crippen LogP contribution in [0, 0.1) is 0 Å². The van der Waals surface area contributed by atoms with E-state index in [-0.39, 0.29) is 0 Å². The zero-order valence-electron chi connectivity index (χ0n) is 19.0. The van der Waals surface area contributed by atoms with E-state index in [0.717, 1.165) is 0 Å². The van der Waals surface area contributed by atoms with Crippen molar-refractivity contribution in [3.63, 3.8) is 0 Å². The van der Waals surface area contributed by atoms with Crippen molar-refractivity contribution < 1.29 is 0 Å².